The third kappa shape index (κ3) is 3.31. The largest absolute Gasteiger partial charge is 0.477 e. The van der Waals surface area contributed by atoms with Crippen molar-refractivity contribution in [2.75, 3.05) is 0 Å². The van der Waals surface area contributed by atoms with Gasteiger partial charge in [0.2, 0.25) is 0 Å². The van der Waals surface area contributed by atoms with Crippen LogP contribution in [0, 0.1) is 0 Å². The number of aromatic nitrogens is 1. The van der Waals surface area contributed by atoms with Gasteiger partial charge in [-0.1, -0.05) is 30.3 Å². The number of hydrogen-bond acceptors (Lipinski definition) is 3. The predicted octanol–water partition coefficient (Wildman–Crippen LogP) is 5.44. The average Bonchev–Trinajstić information content (AvgIpc) is 3.08. The van der Waals surface area contributed by atoms with Crippen LogP contribution in [0.25, 0.3) is 27.0 Å². The van der Waals surface area contributed by atoms with E-state index in [0.29, 0.717) is 21.5 Å². The molecule has 0 fully saturated rings. The Morgan fingerprint density at radius 3 is 2.17 bits per heavy atom. The molecule has 0 saturated carbocycles. The second-order valence-electron chi connectivity index (χ2n) is 6.25. The first-order valence-electron chi connectivity index (χ1n) is 8.42. The van der Waals surface area contributed by atoms with E-state index in [1.807, 2.05) is 0 Å². The minimum Gasteiger partial charge on any atom is -0.477 e. The number of carboxylic acids is 1. The lowest BCUT2D eigenvalue weighted by molar-refractivity contribution is -0.137. The highest BCUT2D eigenvalue weighted by Crippen LogP contribution is 2.40. The number of carboxylic acid groups (broad SMARTS) is 1. The molecule has 4 aromatic rings. The molecule has 0 bridgehead atoms. The Hall–Kier alpha value is -3.39. The maximum absolute atomic E-state index is 12.9. The lowest BCUT2D eigenvalue weighted by Crippen LogP contribution is -2.16. The van der Waals surface area contributed by atoms with Gasteiger partial charge in [-0.3, -0.25) is 9.36 Å². The van der Waals surface area contributed by atoms with Gasteiger partial charge in [0.15, 0.2) is 0 Å². The van der Waals surface area contributed by atoms with E-state index in [1.54, 1.807) is 30.3 Å². The Kier molecular flexibility index (Phi) is 4.50. The van der Waals surface area contributed by atoms with E-state index in [1.165, 1.54) is 28.8 Å². The SMILES string of the molecule is O=C(O)c1sc2c(ccc(=O)n2-c2ccccc2)c1-c1ccc(C(F)(F)F)cc1. The number of aromatic carboxylic acids is 1. The highest BCUT2D eigenvalue weighted by molar-refractivity contribution is 7.21. The molecule has 0 saturated heterocycles. The molecule has 0 radical (unpaired) electrons. The summed E-state index contributed by atoms with van der Waals surface area (Å²) >= 11 is 0.913. The minimum atomic E-state index is -4.49. The van der Waals surface area contributed by atoms with Crippen LogP contribution >= 0.6 is 11.3 Å². The van der Waals surface area contributed by atoms with E-state index >= 15 is 0 Å². The van der Waals surface area contributed by atoms with E-state index in [4.69, 9.17) is 0 Å². The van der Waals surface area contributed by atoms with Crippen molar-refractivity contribution in [3.63, 3.8) is 0 Å². The van der Waals surface area contributed by atoms with E-state index in [2.05, 4.69) is 0 Å². The van der Waals surface area contributed by atoms with E-state index < -0.39 is 17.7 Å². The summed E-state index contributed by atoms with van der Waals surface area (Å²) in [6.45, 7) is 0. The third-order valence-corrected chi connectivity index (χ3v) is 5.63. The molecule has 0 aliphatic rings. The van der Waals surface area contributed by atoms with Crippen molar-refractivity contribution < 1.29 is 23.1 Å². The average molecular weight is 415 g/mol. The predicted molar refractivity (Wildman–Crippen MR) is 105 cm³/mol. The van der Waals surface area contributed by atoms with Gasteiger partial charge in [0.25, 0.3) is 5.56 Å². The van der Waals surface area contributed by atoms with Crippen LogP contribution in [0.5, 0.6) is 0 Å². The second kappa shape index (κ2) is 6.89. The molecular formula is C21H12F3NO3S. The minimum absolute atomic E-state index is 0.0463. The zero-order chi connectivity index (χ0) is 20.8. The van der Waals surface area contributed by atoms with Gasteiger partial charge >= 0.3 is 12.1 Å². The Morgan fingerprint density at radius 1 is 0.931 bits per heavy atom. The van der Waals surface area contributed by atoms with Gasteiger partial charge in [-0.2, -0.15) is 13.2 Å². The molecule has 146 valence electrons. The van der Waals surface area contributed by atoms with Crippen LogP contribution < -0.4 is 5.56 Å². The van der Waals surface area contributed by atoms with Crippen LogP contribution in [-0.4, -0.2) is 15.6 Å². The van der Waals surface area contributed by atoms with Gasteiger partial charge in [0, 0.05) is 17.0 Å². The fourth-order valence-electron chi connectivity index (χ4n) is 3.17. The smallest absolute Gasteiger partial charge is 0.416 e. The molecule has 2 heterocycles. The van der Waals surface area contributed by atoms with Gasteiger partial charge in [-0.25, -0.2) is 4.79 Å². The van der Waals surface area contributed by atoms with Crippen molar-refractivity contribution in [1.82, 2.24) is 4.57 Å². The first-order valence-corrected chi connectivity index (χ1v) is 9.24. The number of pyridine rings is 1. The number of fused-ring (bicyclic) bond motifs is 1. The quantitative estimate of drug-likeness (QED) is 0.485. The highest BCUT2D eigenvalue weighted by atomic mass is 32.1. The van der Waals surface area contributed by atoms with Gasteiger partial charge in [-0.15, -0.1) is 11.3 Å². The zero-order valence-corrected chi connectivity index (χ0v) is 15.4. The molecule has 0 amide bonds. The van der Waals surface area contributed by atoms with Crippen molar-refractivity contribution >= 4 is 27.5 Å². The Bertz CT molecular complexity index is 1270. The lowest BCUT2D eigenvalue weighted by atomic mass is 10.0. The van der Waals surface area contributed by atoms with E-state index in [0.717, 1.165) is 23.5 Å². The number of rotatable bonds is 3. The number of halogens is 3. The normalized spacial score (nSPS) is 11.7. The summed E-state index contributed by atoms with van der Waals surface area (Å²) in [4.78, 5) is 24.7. The summed E-state index contributed by atoms with van der Waals surface area (Å²) in [6.07, 6.45) is -4.49. The molecule has 4 nitrogen and oxygen atoms in total. The molecule has 0 atom stereocenters. The number of carbonyl (C=O) groups is 1. The highest BCUT2D eigenvalue weighted by Gasteiger charge is 2.30. The van der Waals surface area contributed by atoms with Crippen LogP contribution in [-0.2, 0) is 6.18 Å². The van der Waals surface area contributed by atoms with Crippen LogP contribution in [0.4, 0.5) is 13.2 Å². The van der Waals surface area contributed by atoms with E-state index in [9.17, 15) is 27.9 Å². The Labute approximate surface area is 166 Å². The molecule has 2 aromatic heterocycles. The molecule has 8 heteroatoms. The van der Waals surface area contributed by atoms with Crippen molar-refractivity contribution in [2.24, 2.45) is 0 Å². The number of nitrogens with zero attached hydrogens (tertiary/aromatic N) is 1. The van der Waals surface area contributed by atoms with Crippen molar-refractivity contribution in [1.29, 1.82) is 0 Å². The second-order valence-corrected chi connectivity index (χ2v) is 7.25. The van der Waals surface area contributed by atoms with Crippen molar-refractivity contribution in [3.8, 4) is 16.8 Å². The summed E-state index contributed by atoms with van der Waals surface area (Å²) in [5.74, 6) is -1.21. The maximum Gasteiger partial charge on any atom is 0.416 e. The van der Waals surface area contributed by atoms with Crippen LogP contribution in [0.2, 0.25) is 0 Å². The summed E-state index contributed by atoms with van der Waals surface area (Å²) in [5, 5.41) is 10.2. The number of benzene rings is 2. The third-order valence-electron chi connectivity index (χ3n) is 4.45. The van der Waals surface area contributed by atoms with Gasteiger partial charge in [-0.05, 0) is 35.9 Å². The van der Waals surface area contributed by atoms with E-state index in [-0.39, 0.29) is 16.0 Å². The van der Waals surface area contributed by atoms with Crippen molar-refractivity contribution in [3.05, 3.63) is 87.5 Å². The number of para-hydroxylation sites is 1. The standard InChI is InChI=1S/C21H12F3NO3S/c22-21(23,24)13-8-6-12(7-9-13)17-15-10-11-16(26)25(14-4-2-1-3-5-14)19(15)29-18(17)20(27)28/h1-11H,(H,27,28). The van der Waals surface area contributed by atoms with Gasteiger partial charge in [0.1, 0.15) is 9.71 Å². The molecule has 2 aromatic carbocycles. The molecule has 1 N–H and O–H groups in total. The van der Waals surface area contributed by atoms with Crippen LogP contribution in [0.15, 0.2) is 71.5 Å². The first kappa shape index (κ1) is 18.9. The summed E-state index contributed by atoms with van der Waals surface area (Å²) in [6, 6.07) is 15.9. The lowest BCUT2D eigenvalue weighted by Gasteiger charge is -2.09. The maximum atomic E-state index is 12.9. The molecule has 0 spiro atoms. The van der Waals surface area contributed by atoms with Gasteiger partial charge < -0.3 is 5.11 Å². The molecule has 0 aliphatic carbocycles. The Balaban J connectivity index is 2.01. The first-order chi connectivity index (χ1) is 13.8. The fraction of sp³-hybridized carbons (Fsp3) is 0.0476. The molecule has 0 aliphatic heterocycles. The van der Waals surface area contributed by atoms with Crippen molar-refractivity contribution in [2.45, 2.75) is 6.18 Å². The number of hydrogen-bond donors (Lipinski definition) is 1. The topological polar surface area (TPSA) is 59.3 Å². The summed E-state index contributed by atoms with van der Waals surface area (Å²) in [5.41, 5.74) is 0.0378. The monoisotopic (exact) mass is 415 g/mol. The van der Waals surface area contributed by atoms with Gasteiger partial charge in [0.05, 0.1) is 11.3 Å². The van der Waals surface area contributed by atoms with Crippen LogP contribution in [0.3, 0.4) is 0 Å². The number of thiophene rings is 1. The number of alkyl halides is 3. The van der Waals surface area contributed by atoms with Crippen LogP contribution in [0.1, 0.15) is 15.2 Å². The molecule has 4 rings (SSSR count). The summed E-state index contributed by atoms with van der Waals surface area (Å²) in [7, 11) is 0. The molecule has 29 heavy (non-hydrogen) atoms. The Morgan fingerprint density at radius 2 is 1.59 bits per heavy atom. The summed E-state index contributed by atoms with van der Waals surface area (Å²) < 4.78 is 40.0. The zero-order valence-electron chi connectivity index (χ0n) is 14.6. The fourth-order valence-corrected chi connectivity index (χ4v) is 4.34. The molecule has 0 unspecified atom stereocenters. The molecular weight excluding hydrogens is 403 g/mol.